The number of piperidine rings is 1. The molecule has 1 aliphatic rings. The van der Waals surface area contributed by atoms with Crippen molar-refractivity contribution in [2.75, 3.05) is 13.1 Å². The third kappa shape index (κ3) is 4.66. The fourth-order valence-electron chi connectivity index (χ4n) is 2.15. The number of carbonyl (C=O) groups is 2. The van der Waals surface area contributed by atoms with Gasteiger partial charge >= 0.3 is 6.03 Å². The quantitative estimate of drug-likeness (QED) is 0.860. The van der Waals surface area contributed by atoms with Gasteiger partial charge in [-0.05, 0) is 45.1 Å². The van der Waals surface area contributed by atoms with Crippen molar-refractivity contribution in [2.45, 2.75) is 45.2 Å². The van der Waals surface area contributed by atoms with Gasteiger partial charge in [0.25, 0.3) is 5.91 Å². The Bertz CT molecular complexity index is 489. The zero-order valence-electron chi connectivity index (χ0n) is 12.5. The molecule has 2 N–H and O–H groups in total. The van der Waals surface area contributed by atoms with Gasteiger partial charge in [0, 0.05) is 24.7 Å². The number of aromatic nitrogens is 2. The van der Waals surface area contributed by atoms with Gasteiger partial charge in [-0.25, -0.2) is 4.79 Å². The average molecular weight is 311 g/mol. The molecule has 0 atom stereocenters. The van der Waals surface area contributed by atoms with Gasteiger partial charge in [0.15, 0.2) is 0 Å². The van der Waals surface area contributed by atoms with E-state index in [4.69, 9.17) is 0 Å². The Hall–Kier alpha value is -1.70. The molecular formula is C13H21N5O2S. The Morgan fingerprint density at radius 2 is 2.00 bits per heavy atom. The van der Waals surface area contributed by atoms with Gasteiger partial charge in [0.1, 0.15) is 4.88 Å². The molecule has 0 unspecified atom stereocenters. The maximum atomic E-state index is 12.0. The monoisotopic (exact) mass is 311 g/mol. The van der Waals surface area contributed by atoms with Crippen LogP contribution in [0.1, 0.15) is 43.3 Å². The molecule has 0 aliphatic carbocycles. The second-order valence-electron chi connectivity index (χ2n) is 6.20. The number of rotatable bonds is 2. The number of hydrogen-bond acceptors (Lipinski definition) is 5. The van der Waals surface area contributed by atoms with E-state index in [9.17, 15) is 9.59 Å². The Morgan fingerprint density at radius 3 is 2.52 bits per heavy atom. The van der Waals surface area contributed by atoms with Crippen LogP contribution in [0.15, 0.2) is 6.20 Å². The summed E-state index contributed by atoms with van der Waals surface area (Å²) >= 11 is 1.08. The van der Waals surface area contributed by atoms with Crippen LogP contribution in [0.25, 0.3) is 0 Å². The normalized spacial score (nSPS) is 16.6. The smallest absolute Gasteiger partial charge is 0.317 e. The topological polar surface area (TPSA) is 87.2 Å². The Labute approximate surface area is 128 Å². The van der Waals surface area contributed by atoms with Crippen molar-refractivity contribution in [1.82, 2.24) is 25.1 Å². The first-order valence-electron chi connectivity index (χ1n) is 7.00. The lowest BCUT2D eigenvalue weighted by Crippen LogP contribution is -2.53. The average Bonchev–Trinajstić information content (AvgIpc) is 2.91. The Morgan fingerprint density at radius 1 is 1.33 bits per heavy atom. The van der Waals surface area contributed by atoms with Crippen LogP contribution in [0.3, 0.4) is 0 Å². The highest BCUT2D eigenvalue weighted by atomic mass is 32.1. The predicted octanol–water partition coefficient (Wildman–Crippen LogP) is 1.24. The van der Waals surface area contributed by atoms with Crippen molar-refractivity contribution in [1.29, 1.82) is 0 Å². The molecule has 0 aromatic carbocycles. The molecule has 2 heterocycles. The molecule has 0 spiro atoms. The molecule has 21 heavy (non-hydrogen) atoms. The molecular weight excluding hydrogens is 290 g/mol. The van der Waals surface area contributed by atoms with Crippen LogP contribution in [0.4, 0.5) is 4.79 Å². The summed E-state index contributed by atoms with van der Waals surface area (Å²) in [5.41, 5.74) is -0.235. The molecule has 3 amide bonds. The second-order valence-corrected chi connectivity index (χ2v) is 6.98. The fourth-order valence-corrected chi connectivity index (χ4v) is 2.57. The van der Waals surface area contributed by atoms with Gasteiger partial charge < -0.3 is 15.5 Å². The van der Waals surface area contributed by atoms with Crippen molar-refractivity contribution in [3.63, 3.8) is 0 Å². The summed E-state index contributed by atoms with van der Waals surface area (Å²) in [6.07, 6.45) is 2.98. The van der Waals surface area contributed by atoms with Crippen LogP contribution >= 0.6 is 11.5 Å². The van der Waals surface area contributed by atoms with E-state index in [0.29, 0.717) is 18.0 Å². The van der Waals surface area contributed by atoms with Gasteiger partial charge in [-0.3, -0.25) is 4.79 Å². The minimum Gasteiger partial charge on any atom is -0.348 e. The van der Waals surface area contributed by atoms with Crippen LogP contribution in [0.2, 0.25) is 0 Å². The largest absolute Gasteiger partial charge is 0.348 e. The first-order chi connectivity index (χ1) is 9.85. The van der Waals surface area contributed by atoms with Crippen molar-refractivity contribution < 1.29 is 9.59 Å². The van der Waals surface area contributed by atoms with Crippen LogP contribution in [0.5, 0.6) is 0 Å². The molecule has 116 valence electrons. The third-order valence-electron chi connectivity index (χ3n) is 3.18. The highest BCUT2D eigenvalue weighted by molar-refractivity contribution is 7.07. The number of nitrogens with zero attached hydrogens (tertiary/aromatic N) is 3. The lowest BCUT2D eigenvalue weighted by Gasteiger charge is -2.34. The molecule has 8 heteroatoms. The minimum atomic E-state index is -0.235. The van der Waals surface area contributed by atoms with Gasteiger partial charge in [0.05, 0.1) is 6.20 Å². The molecule has 0 radical (unpaired) electrons. The molecule has 1 aromatic heterocycles. The molecule has 7 nitrogen and oxygen atoms in total. The maximum Gasteiger partial charge on any atom is 0.317 e. The van der Waals surface area contributed by atoms with Gasteiger partial charge in [-0.2, -0.15) is 0 Å². The molecule has 0 saturated carbocycles. The summed E-state index contributed by atoms with van der Waals surface area (Å²) < 4.78 is 3.68. The van der Waals surface area contributed by atoms with E-state index in [1.165, 1.54) is 6.20 Å². The zero-order valence-corrected chi connectivity index (χ0v) is 13.4. The van der Waals surface area contributed by atoms with E-state index in [1.54, 1.807) is 4.90 Å². The predicted molar refractivity (Wildman–Crippen MR) is 80.3 cm³/mol. The fraction of sp³-hybridized carbons (Fsp3) is 0.692. The number of urea groups is 1. The number of hydrogen-bond donors (Lipinski definition) is 2. The highest BCUT2D eigenvalue weighted by Gasteiger charge is 2.26. The van der Waals surface area contributed by atoms with Crippen molar-refractivity contribution in [3.05, 3.63) is 11.1 Å². The van der Waals surface area contributed by atoms with Crippen molar-refractivity contribution >= 4 is 23.5 Å². The number of nitrogens with one attached hydrogen (secondary N) is 2. The lowest BCUT2D eigenvalue weighted by molar-refractivity contribution is 0.0921. The Kier molecular flexibility index (Phi) is 4.76. The van der Waals surface area contributed by atoms with E-state index < -0.39 is 0 Å². The van der Waals surface area contributed by atoms with Gasteiger partial charge in [0.2, 0.25) is 0 Å². The highest BCUT2D eigenvalue weighted by Crippen LogP contribution is 2.13. The maximum absolute atomic E-state index is 12.0. The van der Waals surface area contributed by atoms with Crippen molar-refractivity contribution in [3.8, 4) is 0 Å². The SMILES string of the molecule is CC(C)(C)NC(=O)N1CCC(NC(=O)c2cnns2)CC1. The molecule has 1 fully saturated rings. The van der Waals surface area contributed by atoms with E-state index in [2.05, 4.69) is 20.2 Å². The van der Waals surface area contributed by atoms with E-state index in [0.717, 1.165) is 24.4 Å². The number of likely N-dealkylation sites (tertiary alicyclic amines) is 1. The third-order valence-corrected chi connectivity index (χ3v) is 3.85. The van der Waals surface area contributed by atoms with Gasteiger partial charge in [-0.15, -0.1) is 5.10 Å². The molecule has 1 aromatic rings. The van der Waals surface area contributed by atoms with E-state index in [-0.39, 0.29) is 23.5 Å². The second kappa shape index (κ2) is 6.38. The summed E-state index contributed by atoms with van der Waals surface area (Å²) in [6.45, 7) is 7.17. The standard InChI is InChI=1S/C13H21N5O2S/c1-13(2,3)16-12(20)18-6-4-9(5-7-18)15-11(19)10-8-14-17-21-10/h8-9H,4-7H2,1-3H3,(H,15,19)(H,16,20). The van der Waals surface area contributed by atoms with Gasteiger partial charge in [-0.1, -0.05) is 4.49 Å². The number of carbonyl (C=O) groups excluding carboxylic acids is 2. The van der Waals surface area contributed by atoms with Crippen LogP contribution in [0, 0.1) is 0 Å². The van der Waals surface area contributed by atoms with Crippen LogP contribution in [-0.4, -0.2) is 51.1 Å². The Balaban J connectivity index is 1.78. The zero-order chi connectivity index (χ0) is 15.5. The first kappa shape index (κ1) is 15.7. The molecule has 2 rings (SSSR count). The minimum absolute atomic E-state index is 0.0427. The van der Waals surface area contributed by atoms with E-state index >= 15 is 0 Å². The summed E-state index contributed by atoms with van der Waals surface area (Å²) in [6, 6.07) is 0.0530. The van der Waals surface area contributed by atoms with Crippen LogP contribution < -0.4 is 10.6 Å². The molecule has 1 aliphatic heterocycles. The summed E-state index contributed by atoms with van der Waals surface area (Å²) in [5, 5.41) is 9.57. The summed E-state index contributed by atoms with van der Waals surface area (Å²) in [5.74, 6) is -0.136. The van der Waals surface area contributed by atoms with E-state index in [1.807, 2.05) is 20.8 Å². The lowest BCUT2D eigenvalue weighted by atomic mass is 10.0. The summed E-state index contributed by atoms with van der Waals surface area (Å²) in [4.78, 5) is 26.3. The number of amides is 3. The molecule has 0 bridgehead atoms. The first-order valence-corrected chi connectivity index (χ1v) is 7.78. The molecule has 1 saturated heterocycles. The van der Waals surface area contributed by atoms with Crippen LogP contribution in [-0.2, 0) is 0 Å². The van der Waals surface area contributed by atoms with Crippen molar-refractivity contribution in [2.24, 2.45) is 0 Å². The summed E-state index contributed by atoms with van der Waals surface area (Å²) in [7, 11) is 0.